The summed E-state index contributed by atoms with van der Waals surface area (Å²) in [6.07, 6.45) is 3.42. The molecule has 82 valence electrons. The minimum absolute atomic E-state index is 0.262. The van der Waals surface area contributed by atoms with Crippen LogP contribution in [0.15, 0.2) is 18.2 Å². The van der Waals surface area contributed by atoms with Gasteiger partial charge in [-0.1, -0.05) is 24.6 Å². The van der Waals surface area contributed by atoms with Gasteiger partial charge in [-0.3, -0.25) is 0 Å². The molecule has 1 aromatic carbocycles. The van der Waals surface area contributed by atoms with Crippen molar-refractivity contribution in [2.75, 3.05) is 5.32 Å². The van der Waals surface area contributed by atoms with E-state index in [1.807, 2.05) is 0 Å². The molecule has 1 N–H and O–H groups in total. The van der Waals surface area contributed by atoms with Gasteiger partial charge in [0.15, 0.2) is 0 Å². The molecule has 1 nitrogen and oxygen atoms in total. The molecule has 1 fully saturated rings. The zero-order valence-electron chi connectivity index (χ0n) is 8.76. The van der Waals surface area contributed by atoms with Crippen molar-refractivity contribution in [1.82, 2.24) is 0 Å². The summed E-state index contributed by atoms with van der Waals surface area (Å²) in [5, 5.41) is 3.67. The molecule has 0 spiro atoms. The molecule has 0 aromatic heterocycles. The first-order valence-corrected chi connectivity index (χ1v) is 5.75. The molecule has 0 heterocycles. The van der Waals surface area contributed by atoms with E-state index >= 15 is 0 Å². The molecule has 2 atom stereocenters. The third-order valence-electron chi connectivity index (χ3n) is 3.01. The first-order chi connectivity index (χ1) is 7.16. The predicted octanol–water partition coefficient (Wildman–Crippen LogP) is 4.08. The molecule has 1 aliphatic rings. The van der Waals surface area contributed by atoms with Crippen molar-refractivity contribution < 1.29 is 4.39 Å². The van der Waals surface area contributed by atoms with Gasteiger partial charge in [0.1, 0.15) is 5.82 Å². The summed E-state index contributed by atoms with van der Waals surface area (Å²) in [5.41, 5.74) is 0.457. The first-order valence-electron chi connectivity index (χ1n) is 5.37. The molecule has 2 unspecified atom stereocenters. The largest absolute Gasteiger partial charge is 0.379 e. The van der Waals surface area contributed by atoms with Gasteiger partial charge in [0, 0.05) is 6.04 Å². The lowest BCUT2D eigenvalue weighted by molar-refractivity contribution is 0.597. The maximum Gasteiger partial charge on any atom is 0.147 e. The first kappa shape index (κ1) is 10.7. The van der Waals surface area contributed by atoms with Crippen LogP contribution in [-0.4, -0.2) is 6.04 Å². The zero-order valence-corrected chi connectivity index (χ0v) is 9.52. The Morgan fingerprint density at radius 2 is 2.20 bits per heavy atom. The lowest BCUT2D eigenvalue weighted by Gasteiger charge is -2.15. The summed E-state index contributed by atoms with van der Waals surface area (Å²) in [6, 6.07) is 5.15. The second kappa shape index (κ2) is 4.40. The van der Waals surface area contributed by atoms with Crippen LogP contribution in [0.3, 0.4) is 0 Å². The van der Waals surface area contributed by atoms with Crippen LogP contribution < -0.4 is 5.32 Å². The summed E-state index contributed by atoms with van der Waals surface area (Å²) in [4.78, 5) is 0. The molecule has 0 saturated heterocycles. The van der Waals surface area contributed by atoms with Crippen LogP contribution in [0.4, 0.5) is 10.1 Å². The molecule has 2 rings (SSSR count). The smallest absolute Gasteiger partial charge is 0.147 e. The second-order valence-electron chi connectivity index (χ2n) is 4.36. The lowest BCUT2D eigenvalue weighted by Crippen LogP contribution is -2.16. The minimum Gasteiger partial charge on any atom is -0.379 e. The highest BCUT2D eigenvalue weighted by atomic mass is 35.5. The van der Waals surface area contributed by atoms with Crippen LogP contribution in [0.2, 0.25) is 5.02 Å². The fourth-order valence-corrected chi connectivity index (χ4v) is 2.40. The third kappa shape index (κ3) is 2.43. The van der Waals surface area contributed by atoms with E-state index in [0.717, 1.165) is 18.8 Å². The van der Waals surface area contributed by atoms with Gasteiger partial charge >= 0.3 is 0 Å². The topological polar surface area (TPSA) is 12.0 Å². The number of para-hydroxylation sites is 1. The highest BCUT2D eigenvalue weighted by molar-refractivity contribution is 6.33. The van der Waals surface area contributed by atoms with Crippen LogP contribution in [-0.2, 0) is 0 Å². The van der Waals surface area contributed by atoms with Crippen LogP contribution in [0, 0.1) is 11.7 Å². The molecule has 3 heteroatoms. The van der Waals surface area contributed by atoms with Crippen LogP contribution in [0.25, 0.3) is 0 Å². The Bertz CT molecular complexity index is 333. The van der Waals surface area contributed by atoms with E-state index in [2.05, 4.69) is 12.2 Å². The maximum atomic E-state index is 13.5. The summed E-state index contributed by atoms with van der Waals surface area (Å²) < 4.78 is 13.5. The van der Waals surface area contributed by atoms with Crippen molar-refractivity contribution in [3.05, 3.63) is 29.0 Å². The van der Waals surface area contributed by atoms with E-state index in [9.17, 15) is 4.39 Å². The molecule has 1 saturated carbocycles. The van der Waals surface area contributed by atoms with E-state index < -0.39 is 0 Å². The summed E-state index contributed by atoms with van der Waals surface area (Å²) >= 11 is 5.94. The number of hydrogen-bond donors (Lipinski definition) is 1. The molecule has 0 aliphatic heterocycles. The molecule has 0 amide bonds. The van der Waals surface area contributed by atoms with Crippen molar-refractivity contribution in [3.8, 4) is 0 Å². The SMILES string of the molecule is CC1CCC(Nc2c(F)cccc2Cl)C1. The fourth-order valence-electron chi connectivity index (χ4n) is 2.18. The summed E-state index contributed by atoms with van der Waals surface area (Å²) in [7, 11) is 0. The fraction of sp³-hybridized carbons (Fsp3) is 0.500. The molecule has 15 heavy (non-hydrogen) atoms. The monoisotopic (exact) mass is 227 g/mol. The Morgan fingerprint density at radius 3 is 2.80 bits per heavy atom. The van der Waals surface area contributed by atoms with E-state index in [1.165, 1.54) is 12.5 Å². The van der Waals surface area contributed by atoms with E-state index in [4.69, 9.17) is 11.6 Å². The number of anilines is 1. The zero-order chi connectivity index (χ0) is 10.8. The Labute approximate surface area is 94.6 Å². The molecule has 1 aliphatic carbocycles. The molecular weight excluding hydrogens is 213 g/mol. The van der Waals surface area contributed by atoms with Crippen LogP contribution in [0.5, 0.6) is 0 Å². The second-order valence-corrected chi connectivity index (χ2v) is 4.76. The predicted molar refractivity (Wildman–Crippen MR) is 61.8 cm³/mol. The Balaban J connectivity index is 2.10. The Kier molecular flexibility index (Phi) is 3.15. The van der Waals surface area contributed by atoms with Crippen molar-refractivity contribution >= 4 is 17.3 Å². The number of halogens is 2. The average molecular weight is 228 g/mol. The number of benzene rings is 1. The highest BCUT2D eigenvalue weighted by Gasteiger charge is 2.22. The van der Waals surface area contributed by atoms with Crippen molar-refractivity contribution in [2.24, 2.45) is 5.92 Å². The Morgan fingerprint density at radius 1 is 1.40 bits per heavy atom. The van der Waals surface area contributed by atoms with Gasteiger partial charge in [0.05, 0.1) is 10.7 Å². The van der Waals surface area contributed by atoms with E-state index in [-0.39, 0.29) is 5.82 Å². The van der Waals surface area contributed by atoms with Gasteiger partial charge in [-0.2, -0.15) is 0 Å². The Hall–Kier alpha value is -0.760. The van der Waals surface area contributed by atoms with E-state index in [1.54, 1.807) is 12.1 Å². The standard InChI is InChI=1S/C12H15ClFN/c1-8-5-6-9(7-8)15-12-10(13)3-2-4-11(12)14/h2-4,8-9,15H,5-7H2,1H3. The highest BCUT2D eigenvalue weighted by Crippen LogP contribution is 2.31. The van der Waals surface area contributed by atoms with Crippen LogP contribution in [0.1, 0.15) is 26.2 Å². The maximum absolute atomic E-state index is 13.5. The lowest BCUT2D eigenvalue weighted by atomic mass is 10.1. The van der Waals surface area contributed by atoms with Crippen molar-refractivity contribution in [3.63, 3.8) is 0 Å². The summed E-state index contributed by atoms with van der Waals surface area (Å²) in [6.45, 7) is 2.23. The number of nitrogens with one attached hydrogen (secondary N) is 1. The van der Waals surface area contributed by atoms with Gasteiger partial charge in [0.25, 0.3) is 0 Å². The quantitative estimate of drug-likeness (QED) is 0.803. The van der Waals surface area contributed by atoms with Gasteiger partial charge in [0.2, 0.25) is 0 Å². The van der Waals surface area contributed by atoms with Gasteiger partial charge in [-0.15, -0.1) is 0 Å². The van der Waals surface area contributed by atoms with Gasteiger partial charge in [-0.25, -0.2) is 4.39 Å². The molecule has 0 radical (unpaired) electrons. The van der Waals surface area contributed by atoms with Crippen LogP contribution >= 0.6 is 11.6 Å². The number of rotatable bonds is 2. The minimum atomic E-state index is -0.262. The molecular formula is C12H15ClFN. The van der Waals surface area contributed by atoms with Crippen molar-refractivity contribution in [1.29, 1.82) is 0 Å². The molecule has 0 bridgehead atoms. The van der Waals surface area contributed by atoms with Gasteiger partial charge in [-0.05, 0) is 37.3 Å². The van der Waals surface area contributed by atoms with Gasteiger partial charge < -0.3 is 5.32 Å². The molecule has 1 aromatic rings. The average Bonchev–Trinajstić information content (AvgIpc) is 2.58. The third-order valence-corrected chi connectivity index (χ3v) is 3.32. The van der Waals surface area contributed by atoms with E-state index in [0.29, 0.717) is 16.8 Å². The number of hydrogen-bond acceptors (Lipinski definition) is 1. The summed E-state index contributed by atoms with van der Waals surface area (Å²) in [5.74, 6) is 0.468. The normalized spacial score (nSPS) is 25.5. The van der Waals surface area contributed by atoms with Crippen molar-refractivity contribution in [2.45, 2.75) is 32.2 Å².